The van der Waals surface area contributed by atoms with Crippen LogP contribution in [0.3, 0.4) is 0 Å². The lowest BCUT2D eigenvalue weighted by Gasteiger charge is -2.33. The summed E-state index contributed by atoms with van der Waals surface area (Å²) in [4.78, 5) is 3.33. The molecule has 0 atom stereocenters. The zero-order chi connectivity index (χ0) is 15.9. The van der Waals surface area contributed by atoms with E-state index in [9.17, 15) is 8.42 Å². The maximum Gasteiger partial charge on any atom is 0.281 e. The van der Waals surface area contributed by atoms with Crippen molar-refractivity contribution in [2.45, 2.75) is 31.6 Å². The van der Waals surface area contributed by atoms with E-state index in [0.717, 1.165) is 31.2 Å². The van der Waals surface area contributed by atoms with Gasteiger partial charge in [0, 0.05) is 43.3 Å². The van der Waals surface area contributed by atoms with Crippen molar-refractivity contribution in [1.29, 1.82) is 0 Å². The molecule has 2 fully saturated rings. The number of hydrogen-bond acceptors (Lipinski definition) is 2. The quantitative estimate of drug-likeness (QED) is 0.939. The SMILES string of the molecule is O=S(=O)(N1CCCC1)N1CCC(c2c[nH]c3ccccc23)CC1. The summed E-state index contributed by atoms with van der Waals surface area (Å²) in [7, 11) is -3.24. The third-order valence-electron chi connectivity index (χ3n) is 5.23. The molecule has 2 aromatic rings. The fourth-order valence-corrected chi connectivity index (χ4v) is 5.63. The first-order valence-electron chi connectivity index (χ1n) is 8.47. The summed E-state index contributed by atoms with van der Waals surface area (Å²) in [6, 6.07) is 8.33. The third kappa shape index (κ3) is 2.69. The smallest absolute Gasteiger partial charge is 0.281 e. The Hall–Kier alpha value is -1.37. The standard InChI is InChI=1S/C17H23N3O2S/c21-23(22,19-9-3-4-10-19)20-11-7-14(8-12-20)16-13-18-17-6-2-1-5-15(16)17/h1-2,5-6,13-14,18H,3-4,7-12H2. The number of hydrogen-bond donors (Lipinski definition) is 1. The number of aromatic nitrogens is 1. The molecule has 4 rings (SSSR count). The minimum Gasteiger partial charge on any atom is -0.361 e. The lowest BCUT2D eigenvalue weighted by molar-refractivity contribution is 0.296. The largest absolute Gasteiger partial charge is 0.361 e. The molecule has 0 bridgehead atoms. The molecular formula is C17H23N3O2S. The Kier molecular flexibility index (Phi) is 3.91. The third-order valence-corrected chi connectivity index (χ3v) is 7.27. The zero-order valence-corrected chi connectivity index (χ0v) is 14.1. The number of aromatic amines is 1. The van der Waals surface area contributed by atoms with E-state index >= 15 is 0 Å². The summed E-state index contributed by atoms with van der Waals surface area (Å²) in [5, 5.41) is 1.27. The van der Waals surface area contributed by atoms with E-state index in [1.54, 1.807) is 8.61 Å². The van der Waals surface area contributed by atoms with Crippen LogP contribution in [0.15, 0.2) is 30.5 Å². The number of nitrogens with one attached hydrogen (secondary N) is 1. The summed E-state index contributed by atoms with van der Waals surface area (Å²) in [5.74, 6) is 0.441. The average Bonchev–Trinajstić information content (AvgIpc) is 3.25. The van der Waals surface area contributed by atoms with Crippen molar-refractivity contribution in [1.82, 2.24) is 13.6 Å². The van der Waals surface area contributed by atoms with Gasteiger partial charge in [0.2, 0.25) is 0 Å². The van der Waals surface area contributed by atoms with Crippen molar-refractivity contribution < 1.29 is 8.42 Å². The molecule has 2 aliphatic rings. The van der Waals surface area contributed by atoms with Gasteiger partial charge in [-0.05, 0) is 43.2 Å². The number of fused-ring (bicyclic) bond motifs is 1. The topological polar surface area (TPSA) is 56.4 Å². The van der Waals surface area contributed by atoms with Gasteiger partial charge in [-0.2, -0.15) is 17.0 Å². The molecular weight excluding hydrogens is 310 g/mol. The van der Waals surface area contributed by atoms with Crippen molar-refractivity contribution in [3.05, 3.63) is 36.0 Å². The van der Waals surface area contributed by atoms with Crippen molar-refractivity contribution in [2.75, 3.05) is 26.2 Å². The second-order valence-electron chi connectivity index (χ2n) is 6.58. The van der Waals surface area contributed by atoms with Crippen molar-refractivity contribution in [2.24, 2.45) is 0 Å². The van der Waals surface area contributed by atoms with E-state index in [1.807, 2.05) is 6.07 Å². The van der Waals surface area contributed by atoms with Crippen molar-refractivity contribution >= 4 is 21.1 Å². The fraction of sp³-hybridized carbons (Fsp3) is 0.529. The predicted octanol–water partition coefficient (Wildman–Crippen LogP) is 2.69. The highest BCUT2D eigenvalue weighted by Crippen LogP contribution is 2.34. The Morgan fingerprint density at radius 3 is 2.35 bits per heavy atom. The Morgan fingerprint density at radius 2 is 1.61 bits per heavy atom. The molecule has 0 spiro atoms. The number of benzene rings is 1. The average molecular weight is 333 g/mol. The van der Waals surface area contributed by atoms with Gasteiger partial charge in [0.25, 0.3) is 10.2 Å². The Bertz CT molecular complexity index is 785. The van der Waals surface area contributed by atoms with Gasteiger partial charge in [-0.15, -0.1) is 0 Å². The van der Waals surface area contributed by atoms with Gasteiger partial charge < -0.3 is 4.98 Å². The van der Waals surface area contributed by atoms with Gasteiger partial charge in [0.15, 0.2) is 0 Å². The van der Waals surface area contributed by atoms with Crippen LogP contribution in [-0.2, 0) is 10.2 Å². The van der Waals surface area contributed by atoms with Crippen LogP contribution in [-0.4, -0.2) is 48.2 Å². The van der Waals surface area contributed by atoms with Gasteiger partial charge in [0.1, 0.15) is 0 Å². The highest BCUT2D eigenvalue weighted by atomic mass is 32.2. The Balaban J connectivity index is 1.49. The van der Waals surface area contributed by atoms with Gasteiger partial charge in [-0.25, -0.2) is 0 Å². The maximum absolute atomic E-state index is 12.6. The lowest BCUT2D eigenvalue weighted by atomic mass is 9.90. The van der Waals surface area contributed by atoms with Crippen LogP contribution in [0.4, 0.5) is 0 Å². The maximum atomic E-state index is 12.6. The molecule has 0 radical (unpaired) electrons. The summed E-state index contributed by atoms with van der Waals surface area (Å²) in [6.45, 7) is 2.63. The molecule has 1 aromatic carbocycles. The van der Waals surface area contributed by atoms with E-state index < -0.39 is 10.2 Å². The highest BCUT2D eigenvalue weighted by Gasteiger charge is 2.34. The minimum atomic E-state index is -3.24. The monoisotopic (exact) mass is 333 g/mol. The first kappa shape index (κ1) is 15.2. The molecule has 2 saturated heterocycles. The highest BCUT2D eigenvalue weighted by molar-refractivity contribution is 7.86. The first-order valence-corrected chi connectivity index (χ1v) is 9.87. The molecule has 6 heteroatoms. The van der Waals surface area contributed by atoms with Gasteiger partial charge in [-0.3, -0.25) is 0 Å². The Labute approximate surface area is 137 Å². The summed E-state index contributed by atoms with van der Waals surface area (Å²) in [6.07, 6.45) is 5.87. The van der Waals surface area contributed by atoms with E-state index in [0.29, 0.717) is 32.1 Å². The number of para-hydroxylation sites is 1. The number of nitrogens with zero attached hydrogens (tertiary/aromatic N) is 2. The zero-order valence-electron chi connectivity index (χ0n) is 13.2. The molecule has 1 aromatic heterocycles. The molecule has 23 heavy (non-hydrogen) atoms. The molecule has 1 N–H and O–H groups in total. The molecule has 2 aliphatic heterocycles. The predicted molar refractivity (Wildman–Crippen MR) is 91.6 cm³/mol. The molecule has 5 nitrogen and oxygen atoms in total. The molecule has 0 amide bonds. The molecule has 0 unspecified atom stereocenters. The van der Waals surface area contributed by atoms with Crippen LogP contribution in [0.25, 0.3) is 10.9 Å². The summed E-state index contributed by atoms with van der Waals surface area (Å²) in [5.41, 5.74) is 2.49. The fourth-order valence-electron chi connectivity index (χ4n) is 3.91. The van der Waals surface area contributed by atoms with E-state index in [4.69, 9.17) is 0 Å². The summed E-state index contributed by atoms with van der Waals surface area (Å²) >= 11 is 0. The van der Waals surface area contributed by atoms with Crippen LogP contribution in [0.5, 0.6) is 0 Å². The van der Waals surface area contributed by atoms with E-state index in [2.05, 4.69) is 29.4 Å². The van der Waals surface area contributed by atoms with E-state index in [1.165, 1.54) is 10.9 Å². The van der Waals surface area contributed by atoms with Gasteiger partial charge >= 0.3 is 0 Å². The molecule has 0 saturated carbocycles. The number of rotatable bonds is 3. The molecule has 3 heterocycles. The van der Waals surface area contributed by atoms with Gasteiger partial charge in [-0.1, -0.05) is 18.2 Å². The van der Waals surface area contributed by atoms with Crippen molar-refractivity contribution in [3.8, 4) is 0 Å². The van der Waals surface area contributed by atoms with Crippen LogP contribution < -0.4 is 0 Å². The number of piperidine rings is 1. The lowest BCUT2D eigenvalue weighted by Crippen LogP contribution is -2.45. The van der Waals surface area contributed by atoms with Crippen LogP contribution in [0.2, 0.25) is 0 Å². The first-order chi connectivity index (χ1) is 11.2. The summed E-state index contributed by atoms with van der Waals surface area (Å²) < 4.78 is 28.6. The normalized spacial score (nSPS) is 22.1. The molecule has 124 valence electrons. The second kappa shape index (κ2) is 5.92. The Morgan fingerprint density at radius 1 is 0.957 bits per heavy atom. The molecule has 0 aliphatic carbocycles. The van der Waals surface area contributed by atoms with Crippen LogP contribution in [0.1, 0.15) is 37.2 Å². The second-order valence-corrected chi connectivity index (χ2v) is 8.51. The van der Waals surface area contributed by atoms with Crippen LogP contribution >= 0.6 is 0 Å². The van der Waals surface area contributed by atoms with E-state index in [-0.39, 0.29) is 0 Å². The van der Waals surface area contributed by atoms with Crippen LogP contribution in [0, 0.1) is 0 Å². The minimum absolute atomic E-state index is 0.441. The van der Waals surface area contributed by atoms with Crippen molar-refractivity contribution in [3.63, 3.8) is 0 Å². The number of H-pyrrole nitrogens is 1. The van der Waals surface area contributed by atoms with Gasteiger partial charge in [0.05, 0.1) is 0 Å².